The van der Waals surface area contributed by atoms with Gasteiger partial charge in [-0.15, -0.1) is 0 Å². The molecule has 0 aromatic rings. The number of carbonyl (C=O) groups excluding carboxylic acids is 2. The topological polar surface area (TPSA) is 76.1 Å². The number of fused-ring (bicyclic) bond motifs is 7. The van der Waals surface area contributed by atoms with Gasteiger partial charge in [0.1, 0.15) is 0 Å². The molecule has 7 heteroatoms. The third-order valence-corrected chi connectivity index (χ3v) is 12.1. The van der Waals surface area contributed by atoms with Gasteiger partial charge in [0.15, 0.2) is 29.1 Å². The van der Waals surface area contributed by atoms with Gasteiger partial charge in [-0.05, 0) is 76.6 Å². The van der Waals surface area contributed by atoms with Crippen LogP contribution in [0, 0.1) is 28.6 Å². The van der Waals surface area contributed by atoms with Crippen molar-refractivity contribution in [1.82, 2.24) is 4.90 Å². The number of ether oxygens (including phenoxy) is 2. The first kappa shape index (κ1) is 27.7. The third-order valence-electron chi connectivity index (χ3n) is 12.1. The largest absolute Gasteiger partial charge is 0.390 e. The maximum Gasteiger partial charge on any atom is 0.181 e. The molecule has 0 bridgehead atoms. The van der Waals surface area contributed by atoms with E-state index in [-0.39, 0.29) is 36.4 Å². The lowest BCUT2D eigenvalue weighted by atomic mass is 9.44. The molecule has 9 atom stereocenters. The van der Waals surface area contributed by atoms with Gasteiger partial charge in [-0.1, -0.05) is 51.7 Å². The van der Waals surface area contributed by atoms with Gasteiger partial charge >= 0.3 is 0 Å². The van der Waals surface area contributed by atoms with Crippen molar-refractivity contribution in [3.63, 3.8) is 0 Å². The van der Waals surface area contributed by atoms with Crippen molar-refractivity contribution in [2.24, 2.45) is 28.6 Å². The van der Waals surface area contributed by atoms with Crippen molar-refractivity contribution in [1.29, 1.82) is 0 Å². The zero-order valence-electron chi connectivity index (χ0n) is 24.1. The van der Waals surface area contributed by atoms with Crippen molar-refractivity contribution >= 4 is 11.6 Å². The molecule has 0 aromatic heterocycles. The average Bonchev–Trinajstić information content (AvgIpc) is 3.42. The number of hydrogen-bond acceptors (Lipinski definition) is 6. The Bertz CT molecular complexity index is 1080. The van der Waals surface area contributed by atoms with E-state index in [9.17, 15) is 14.7 Å². The minimum absolute atomic E-state index is 0.0174. The van der Waals surface area contributed by atoms with Crippen LogP contribution in [0.3, 0.4) is 0 Å². The Hall–Kier alpha value is -1.41. The van der Waals surface area contributed by atoms with E-state index in [2.05, 4.69) is 25.7 Å². The summed E-state index contributed by atoms with van der Waals surface area (Å²) in [6, 6.07) is 0. The number of carbonyl (C=O) groups is 2. The van der Waals surface area contributed by atoms with Crippen LogP contribution in [0.4, 0.5) is 4.39 Å². The van der Waals surface area contributed by atoms with Gasteiger partial charge in [-0.3, -0.25) is 14.5 Å². The molecular formula is C32H46FNO5. The number of alkyl halides is 1. The summed E-state index contributed by atoms with van der Waals surface area (Å²) in [7, 11) is 0. The first-order chi connectivity index (χ1) is 18.5. The number of likely N-dealkylation sites (N-methyl/N-ethyl adjacent to an activating group) is 1. The number of aliphatic hydroxyl groups is 1. The first-order valence-electron chi connectivity index (χ1n) is 15.4. The van der Waals surface area contributed by atoms with E-state index in [0.29, 0.717) is 19.3 Å². The fraction of sp³-hybridized carbons (Fsp3) is 0.812. The minimum atomic E-state index is -1.93. The van der Waals surface area contributed by atoms with E-state index in [1.54, 1.807) is 12.2 Å². The summed E-state index contributed by atoms with van der Waals surface area (Å²) in [6.45, 7) is 9.80. The Kier molecular flexibility index (Phi) is 6.81. The smallest absolute Gasteiger partial charge is 0.181 e. The quantitative estimate of drug-likeness (QED) is 0.512. The fourth-order valence-electron chi connectivity index (χ4n) is 9.87. The lowest BCUT2D eigenvalue weighted by molar-refractivity contribution is -0.235. The summed E-state index contributed by atoms with van der Waals surface area (Å²) in [5.74, 6) is -0.469. The molecule has 216 valence electrons. The van der Waals surface area contributed by atoms with Crippen LogP contribution in [0.5, 0.6) is 0 Å². The zero-order chi connectivity index (χ0) is 27.8. The normalized spacial score (nSPS) is 47.4. The number of Topliss-reactive ketones (excluding diaryl/α,β-unsaturated/α-hetero) is 1. The summed E-state index contributed by atoms with van der Waals surface area (Å²) in [5, 5.41) is 11.8. The Morgan fingerprint density at radius 2 is 1.85 bits per heavy atom. The molecule has 6 rings (SSSR count). The first-order valence-corrected chi connectivity index (χ1v) is 15.4. The van der Waals surface area contributed by atoms with E-state index in [4.69, 9.17) is 9.47 Å². The van der Waals surface area contributed by atoms with Crippen LogP contribution in [0.15, 0.2) is 23.8 Å². The molecule has 1 aliphatic heterocycles. The van der Waals surface area contributed by atoms with Crippen LogP contribution >= 0.6 is 0 Å². The van der Waals surface area contributed by atoms with Crippen molar-refractivity contribution < 1.29 is 28.6 Å². The van der Waals surface area contributed by atoms with E-state index in [0.717, 1.165) is 44.3 Å². The van der Waals surface area contributed by atoms with Crippen LogP contribution in [0.2, 0.25) is 0 Å². The molecule has 1 N–H and O–H groups in total. The summed E-state index contributed by atoms with van der Waals surface area (Å²) in [5.41, 5.74) is -4.15. The Morgan fingerprint density at radius 1 is 1.13 bits per heavy atom. The van der Waals surface area contributed by atoms with Gasteiger partial charge < -0.3 is 14.6 Å². The van der Waals surface area contributed by atoms with Crippen molar-refractivity contribution in [2.75, 3.05) is 19.6 Å². The number of ketones is 2. The summed E-state index contributed by atoms with van der Waals surface area (Å²) in [4.78, 5) is 28.7. The minimum Gasteiger partial charge on any atom is -0.390 e. The van der Waals surface area contributed by atoms with Gasteiger partial charge in [0, 0.05) is 22.7 Å². The number of halogens is 1. The molecule has 6 nitrogen and oxygen atoms in total. The van der Waals surface area contributed by atoms with Crippen molar-refractivity contribution in [3.05, 3.63) is 23.8 Å². The molecule has 39 heavy (non-hydrogen) atoms. The highest BCUT2D eigenvalue weighted by Crippen LogP contribution is 2.72. The molecule has 0 radical (unpaired) electrons. The maximum atomic E-state index is 17.6. The fourth-order valence-corrected chi connectivity index (χ4v) is 9.87. The third kappa shape index (κ3) is 3.65. The van der Waals surface area contributed by atoms with Gasteiger partial charge in [0.2, 0.25) is 0 Å². The molecule has 0 spiro atoms. The van der Waals surface area contributed by atoms with E-state index >= 15 is 4.39 Å². The van der Waals surface area contributed by atoms with E-state index < -0.39 is 46.5 Å². The second-order valence-corrected chi connectivity index (χ2v) is 13.6. The second kappa shape index (κ2) is 9.57. The summed E-state index contributed by atoms with van der Waals surface area (Å²) >= 11 is 0. The number of allylic oxidation sites excluding steroid dienone is 4. The Balaban J connectivity index is 1.40. The standard InChI is InChI=1S/C32H46FNO5/c1-5-34(6-2)19-26(37)32-27(38-28(39-32)20-10-8-7-9-11-20)17-24-23-13-12-21-16-22(35)14-15-29(21,3)31(23,33)25(36)18-30(24,32)4/h14-16,20,23-25,27-28,36H,5-13,17-19H2,1-4H3/t23-,24-,25-,27-,28?,29-,30-,31-,32+/m0/s1. The molecule has 1 saturated heterocycles. The maximum absolute atomic E-state index is 17.6. The Morgan fingerprint density at radius 3 is 2.54 bits per heavy atom. The number of hydrogen-bond donors (Lipinski definition) is 1. The van der Waals surface area contributed by atoms with Crippen molar-refractivity contribution in [3.8, 4) is 0 Å². The monoisotopic (exact) mass is 543 g/mol. The number of rotatable bonds is 6. The highest BCUT2D eigenvalue weighted by molar-refractivity contribution is 6.01. The Labute approximate surface area is 232 Å². The molecule has 1 heterocycles. The second-order valence-electron chi connectivity index (χ2n) is 13.6. The highest BCUT2D eigenvalue weighted by Gasteiger charge is 2.79. The van der Waals surface area contributed by atoms with Crippen LogP contribution in [-0.2, 0) is 19.1 Å². The molecule has 5 aliphatic carbocycles. The zero-order valence-corrected chi connectivity index (χ0v) is 24.1. The predicted octanol–water partition coefficient (Wildman–Crippen LogP) is 4.94. The molecular weight excluding hydrogens is 497 g/mol. The SMILES string of the molecule is CCN(CC)CC(=O)[C@@]12OC(C3CCCCC3)O[C@H]1C[C@H]1[C@@H]3CCC4=CC(=O)C=C[C@]4(C)[C@@]3(F)[C@@H](O)C[C@@]12C. The van der Waals surface area contributed by atoms with Gasteiger partial charge in [0.05, 0.1) is 18.8 Å². The molecule has 5 fully saturated rings. The van der Waals surface area contributed by atoms with Gasteiger partial charge in [0.25, 0.3) is 0 Å². The molecule has 0 aromatic carbocycles. The predicted molar refractivity (Wildman–Crippen MR) is 146 cm³/mol. The molecule has 0 amide bonds. The molecule has 1 unspecified atom stereocenters. The van der Waals surface area contributed by atoms with Crippen LogP contribution in [-0.4, -0.2) is 71.0 Å². The molecule has 4 saturated carbocycles. The number of aliphatic hydroxyl groups excluding tert-OH is 1. The highest BCUT2D eigenvalue weighted by atomic mass is 19.1. The van der Waals surface area contributed by atoms with Crippen LogP contribution in [0.25, 0.3) is 0 Å². The van der Waals surface area contributed by atoms with E-state index in [1.807, 2.05) is 6.92 Å². The summed E-state index contributed by atoms with van der Waals surface area (Å²) in [6.07, 6.45) is 9.99. The lowest BCUT2D eigenvalue weighted by Crippen LogP contribution is -2.70. The molecule has 6 aliphatic rings. The van der Waals surface area contributed by atoms with Gasteiger partial charge in [-0.2, -0.15) is 0 Å². The van der Waals surface area contributed by atoms with Crippen molar-refractivity contribution in [2.45, 2.75) is 115 Å². The van der Waals surface area contributed by atoms with Gasteiger partial charge in [-0.25, -0.2) is 4.39 Å². The lowest BCUT2D eigenvalue weighted by Gasteiger charge is -2.62. The van der Waals surface area contributed by atoms with Crippen LogP contribution < -0.4 is 0 Å². The van der Waals surface area contributed by atoms with E-state index in [1.165, 1.54) is 12.5 Å². The number of nitrogens with zero attached hydrogens (tertiary/aromatic N) is 1. The average molecular weight is 544 g/mol. The summed E-state index contributed by atoms with van der Waals surface area (Å²) < 4.78 is 31.3. The van der Waals surface area contributed by atoms with Crippen LogP contribution in [0.1, 0.15) is 85.5 Å².